The molecule has 1 heterocycles. The Balaban J connectivity index is 1.70. The third kappa shape index (κ3) is 3.55. The van der Waals surface area contributed by atoms with Crippen molar-refractivity contribution in [3.8, 4) is 0 Å². The van der Waals surface area contributed by atoms with E-state index in [0.717, 1.165) is 31.6 Å². The fourth-order valence-electron chi connectivity index (χ4n) is 2.91. The molecule has 1 aliphatic heterocycles. The molecule has 1 aromatic carbocycles. The van der Waals surface area contributed by atoms with Crippen LogP contribution in [0.15, 0.2) is 53.8 Å². The summed E-state index contributed by atoms with van der Waals surface area (Å²) >= 11 is 0. The van der Waals surface area contributed by atoms with Crippen molar-refractivity contribution in [1.82, 2.24) is 5.32 Å². The average molecular weight is 285 g/mol. The van der Waals surface area contributed by atoms with Crippen LogP contribution >= 0.6 is 0 Å². The molecule has 0 saturated carbocycles. The summed E-state index contributed by atoms with van der Waals surface area (Å²) in [6, 6.07) is 11.1. The molecule has 3 heteroatoms. The maximum absolute atomic E-state index is 5.60. The van der Waals surface area contributed by atoms with Gasteiger partial charge >= 0.3 is 0 Å². The van der Waals surface area contributed by atoms with Crippen LogP contribution in [0.4, 0.5) is 0 Å². The largest absolute Gasteiger partial charge is 0.469 e. The van der Waals surface area contributed by atoms with Gasteiger partial charge in [-0.05, 0) is 31.0 Å². The molecule has 0 amide bonds. The number of benzene rings is 1. The Labute approximate surface area is 126 Å². The second kappa shape index (κ2) is 6.92. The first-order valence-corrected chi connectivity index (χ1v) is 7.79. The normalized spacial score (nSPS) is 22.0. The van der Waals surface area contributed by atoms with Crippen LogP contribution in [0.5, 0.6) is 0 Å². The summed E-state index contributed by atoms with van der Waals surface area (Å²) < 4.78 is 11.0. The summed E-state index contributed by atoms with van der Waals surface area (Å²) in [5.41, 5.74) is 2.77. The molecule has 112 valence electrons. The maximum atomic E-state index is 5.60. The van der Waals surface area contributed by atoms with Crippen molar-refractivity contribution in [3.63, 3.8) is 0 Å². The molecule has 21 heavy (non-hydrogen) atoms. The Morgan fingerprint density at radius 3 is 2.90 bits per heavy atom. The van der Waals surface area contributed by atoms with Gasteiger partial charge < -0.3 is 14.8 Å². The summed E-state index contributed by atoms with van der Waals surface area (Å²) in [6.07, 6.45) is 7.51. The Kier molecular flexibility index (Phi) is 4.73. The third-order valence-corrected chi connectivity index (χ3v) is 4.05. The Hall–Kier alpha value is -1.58. The predicted octanol–water partition coefficient (Wildman–Crippen LogP) is 3.70. The monoisotopic (exact) mass is 285 g/mol. The predicted molar refractivity (Wildman–Crippen MR) is 83.7 cm³/mol. The van der Waals surface area contributed by atoms with Gasteiger partial charge in [-0.1, -0.05) is 48.9 Å². The number of fused-ring (bicyclic) bond motifs is 1. The molecule has 2 atom stereocenters. The number of hydrogen-bond donors (Lipinski definition) is 1. The molecule has 1 saturated heterocycles. The molecular weight excluding hydrogens is 262 g/mol. The Morgan fingerprint density at radius 1 is 1.24 bits per heavy atom. The third-order valence-electron chi connectivity index (χ3n) is 4.05. The van der Waals surface area contributed by atoms with Crippen molar-refractivity contribution in [2.24, 2.45) is 0 Å². The second-order valence-electron chi connectivity index (χ2n) is 5.64. The number of nitrogens with one attached hydrogen (secondary N) is 1. The van der Waals surface area contributed by atoms with E-state index in [-0.39, 0.29) is 6.10 Å². The molecule has 2 unspecified atom stereocenters. The van der Waals surface area contributed by atoms with Gasteiger partial charge in [0.15, 0.2) is 6.79 Å². The summed E-state index contributed by atoms with van der Waals surface area (Å²) in [6.45, 7) is 3.64. The number of allylic oxidation sites excluding steroid dienone is 2. The molecular formula is C18H23NO2. The lowest BCUT2D eigenvalue weighted by atomic mass is 9.92. The van der Waals surface area contributed by atoms with E-state index >= 15 is 0 Å². The molecule has 2 aliphatic rings. The molecule has 1 aliphatic carbocycles. The smallest absolute Gasteiger partial charge is 0.189 e. The minimum atomic E-state index is 0.132. The SMILES string of the molecule is CCCNC(CC1=CC=C2OCOC2C1)c1ccccc1. The molecule has 3 nitrogen and oxygen atoms in total. The van der Waals surface area contributed by atoms with E-state index in [1.54, 1.807) is 0 Å². The van der Waals surface area contributed by atoms with E-state index in [1.165, 1.54) is 11.1 Å². The fourth-order valence-corrected chi connectivity index (χ4v) is 2.91. The first-order chi connectivity index (χ1) is 10.4. The molecule has 3 rings (SSSR count). The van der Waals surface area contributed by atoms with Crippen LogP contribution in [-0.2, 0) is 9.47 Å². The molecule has 0 bridgehead atoms. The van der Waals surface area contributed by atoms with Crippen molar-refractivity contribution < 1.29 is 9.47 Å². The first kappa shape index (κ1) is 14.4. The maximum Gasteiger partial charge on any atom is 0.189 e. The minimum Gasteiger partial charge on any atom is -0.469 e. The van der Waals surface area contributed by atoms with Gasteiger partial charge in [0.1, 0.15) is 11.9 Å². The van der Waals surface area contributed by atoms with Crippen LogP contribution in [0.3, 0.4) is 0 Å². The summed E-state index contributed by atoms with van der Waals surface area (Å²) in [5, 5.41) is 3.66. The zero-order chi connectivity index (χ0) is 14.5. The fraction of sp³-hybridized carbons (Fsp3) is 0.444. The van der Waals surface area contributed by atoms with Gasteiger partial charge in [0.2, 0.25) is 0 Å². The van der Waals surface area contributed by atoms with Gasteiger partial charge in [-0.25, -0.2) is 0 Å². The number of ether oxygens (including phenoxy) is 2. The molecule has 1 fully saturated rings. The van der Waals surface area contributed by atoms with Crippen LogP contribution in [0.1, 0.15) is 37.8 Å². The van der Waals surface area contributed by atoms with Crippen molar-refractivity contribution in [2.75, 3.05) is 13.3 Å². The number of rotatable bonds is 6. The van der Waals surface area contributed by atoms with Crippen molar-refractivity contribution in [2.45, 2.75) is 38.3 Å². The van der Waals surface area contributed by atoms with Crippen LogP contribution in [0, 0.1) is 0 Å². The zero-order valence-electron chi connectivity index (χ0n) is 12.5. The Morgan fingerprint density at radius 2 is 2.10 bits per heavy atom. The van der Waals surface area contributed by atoms with Gasteiger partial charge in [0.25, 0.3) is 0 Å². The van der Waals surface area contributed by atoms with E-state index in [2.05, 4.69) is 54.7 Å². The lowest BCUT2D eigenvalue weighted by Crippen LogP contribution is -2.24. The van der Waals surface area contributed by atoms with Gasteiger partial charge in [0, 0.05) is 12.5 Å². The lowest BCUT2D eigenvalue weighted by Gasteiger charge is -2.23. The zero-order valence-corrected chi connectivity index (χ0v) is 12.5. The van der Waals surface area contributed by atoms with Gasteiger partial charge in [0.05, 0.1) is 0 Å². The lowest BCUT2D eigenvalue weighted by molar-refractivity contribution is 0.0498. The molecule has 1 aromatic rings. The topological polar surface area (TPSA) is 30.5 Å². The first-order valence-electron chi connectivity index (χ1n) is 7.79. The highest BCUT2D eigenvalue weighted by molar-refractivity contribution is 5.28. The van der Waals surface area contributed by atoms with E-state index < -0.39 is 0 Å². The van der Waals surface area contributed by atoms with E-state index in [4.69, 9.17) is 9.47 Å². The Bertz CT molecular complexity index is 521. The van der Waals surface area contributed by atoms with Crippen molar-refractivity contribution in [3.05, 3.63) is 59.4 Å². The summed E-state index contributed by atoms with van der Waals surface area (Å²) in [5.74, 6) is 0.983. The van der Waals surface area contributed by atoms with E-state index in [0.29, 0.717) is 12.8 Å². The van der Waals surface area contributed by atoms with E-state index in [9.17, 15) is 0 Å². The molecule has 0 spiro atoms. The summed E-state index contributed by atoms with van der Waals surface area (Å²) in [7, 11) is 0. The molecule has 1 N–H and O–H groups in total. The minimum absolute atomic E-state index is 0.132. The van der Waals surface area contributed by atoms with Crippen LogP contribution in [0.25, 0.3) is 0 Å². The highest BCUT2D eigenvalue weighted by Crippen LogP contribution is 2.32. The highest BCUT2D eigenvalue weighted by atomic mass is 16.7. The summed E-state index contributed by atoms with van der Waals surface area (Å²) in [4.78, 5) is 0. The van der Waals surface area contributed by atoms with Gasteiger partial charge in [-0.2, -0.15) is 0 Å². The highest BCUT2D eigenvalue weighted by Gasteiger charge is 2.27. The van der Waals surface area contributed by atoms with Crippen LogP contribution < -0.4 is 5.32 Å². The van der Waals surface area contributed by atoms with Gasteiger partial charge in [-0.3, -0.25) is 0 Å². The van der Waals surface area contributed by atoms with Gasteiger partial charge in [-0.15, -0.1) is 0 Å². The van der Waals surface area contributed by atoms with Crippen molar-refractivity contribution in [1.29, 1.82) is 0 Å². The standard InChI is InChI=1S/C18H23NO2/c1-2-10-19-16(15-6-4-3-5-7-15)11-14-8-9-17-18(12-14)21-13-20-17/h3-9,16,18-19H,2,10-13H2,1H3. The van der Waals surface area contributed by atoms with Crippen molar-refractivity contribution >= 4 is 0 Å². The quantitative estimate of drug-likeness (QED) is 0.864. The van der Waals surface area contributed by atoms with Crippen LogP contribution in [0.2, 0.25) is 0 Å². The van der Waals surface area contributed by atoms with Crippen LogP contribution in [-0.4, -0.2) is 19.4 Å². The molecule has 0 radical (unpaired) electrons. The van der Waals surface area contributed by atoms with E-state index in [1.807, 2.05) is 0 Å². The number of hydrogen-bond acceptors (Lipinski definition) is 3. The second-order valence-corrected chi connectivity index (χ2v) is 5.64. The molecule has 0 aromatic heterocycles. The average Bonchev–Trinajstić information content (AvgIpc) is 3.00.